The van der Waals surface area contributed by atoms with Crippen molar-refractivity contribution < 1.29 is 27.7 Å². The zero-order valence-electron chi connectivity index (χ0n) is 10.2. The Morgan fingerprint density at radius 1 is 1.55 bits per heavy atom. The summed E-state index contributed by atoms with van der Waals surface area (Å²) in [5, 5.41) is -0.927. The normalized spacial score (nSPS) is 13.2. The lowest BCUT2D eigenvalue weighted by Gasteiger charge is -2.09. The number of aromatic nitrogens is 1. The summed E-state index contributed by atoms with van der Waals surface area (Å²) in [7, 11) is 1.48. The number of nitrogens with two attached hydrogens (primary N) is 1. The van der Waals surface area contributed by atoms with Crippen LogP contribution >= 0.6 is 11.6 Å². The number of allylic oxidation sites excluding steroid dienone is 1. The number of halogens is 4. The molecule has 1 rings (SSSR count). The van der Waals surface area contributed by atoms with E-state index in [0.717, 1.165) is 18.5 Å². The summed E-state index contributed by atoms with van der Waals surface area (Å²) in [6.45, 7) is 0. The van der Waals surface area contributed by atoms with Crippen LogP contribution in [0, 0.1) is 0 Å². The van der Waals surface area contributed by atoms with E-state index >= 15 is 0 Å². The van der Waals surface area contributed by atoms with Crippen molar-refractivity contribution in [3.8, 4) is 5.88 Å². The van der Waals surface area contributed by atoms with Crippen molar-refractivity contribution >= 4 is 23.1 Å². The van der Waals surface area contributed by atoms with Crippen LogP contribution in [0.4, 0.5) is 13.2 Å². The number of carbonyl (C=O) groups excluding carboxylic acids is 1. The van der Waals surface area contributed by atoms with Crippen LogP contribution in [-0.2, 0) is 11.0 Å². The molecule has 0 aliphatic carbocycles. The molecule has 5 nitrogen and oxygen atoms in total. The Balaban J connectivity index is 3.10. The maximum absolute atomic E-state index is 12.5. The van der Waals surface area contributed by atoms with Gasteiger partial charge in [-0.2, -0.15) is 13.2 Å². The summed E-state index contributed by atoms with van der Waals surface area (Å²) in [5.74, 6) is -0.872. The average Bonchev–Trinajstić information content (AvgIpc) is 2.34. The molecule has 0 fully saturated rings. The molecule has 0 spiro atoms. The fourth-order valence-electron chi connectivity index (χ4n) is 1.18. The quantitative estimate of drug-likeness (QED) is 0.360. The highest BCUT2D eigenvalue weighted by molar-refractivity contribution is 6.69. The Labute approximate surface area is 116 Å². The zero-order valence-corrected chi connectivity index (χ0v) is 10.9. The molecule has 1 heterocycles. The van der Waals surface area contributed by atoms with E-state index in [1.807, 2.05) is 0 Å². The lowest BCUT2D eigenvalue weighted by Crippen LogP contribution is -2.63. The second kappa shape index (κ2) is 6.38. The SMILES string of the molecule is C[NH+]=CC(C(=O)Cl)=C(N)Oc1cc(C(F)(F)F)ccn1. The number of alkyl halides is 3. The van der Waals surface area contributed by atoms with E-state index in [0.29, 0.717) is 6.07 Å². The molecule has 108 valence electrons. The highest BCUT2D eigenvalue weighted by Gasteiger charge is 2.31. The first kappa shape index (κ1) is 16.0. The van der Waals surface area contributed by atoms with Gasteiger partial charge in [0.1, 0.15) is 7.05 Å². The third kappa shape index (κ3) is 4.23. The summed E-state index contributed by atoms with van der Waals surface area (Å²) in [4.78, 5) is 17.1. The van der Waals surface area contributed by atoms with Gasteiger partial charge in [-0.15, -0.1) is 0 Å². The number of hydrogen-bond donors (Lipinski definition) is 2. The molecule has 9 heteroatoms. The summed E-state index contributed by atoms with van der Waals surface area (Å²) in [5.41, 5.74) is 4.28. The van der Waals surface area contributed by atoms with Crippen LogP contribution in [0.25, 0.3) is 0 Å². The summed E-state index contributed by atoms with van der Waals surface area (Å²) >= 11 is 5.26. The van der Waals surface area contributed by atoms with Gasteiger partial charge in [0.05, 0.1) is 5.56 Å². The van der Waals surface area contributed by atoms with Crippen molar-refractivity contribution in [2.75, 3.05) is 7.05 Å². The van der Waals surface area contributed by atoms with Gasteiger partial charge in [0, 0.05) is 12.3 Å². The van der Waals surface area contributed by atoms with E-state index in [9.17, 15) is 18.0 Å². The first-order valence-electron chi connectivity index (χ1n) is 5.17. The van der Waals surface area contributed by atoms with Gasteiger partial charge >= 0.3 is 6.18 Å². The Morgan fingerprint density at radius 2 is 2.20 bits per heavy atom. The molecule has 3 N–H and O–H groups in total. The molecule has 0 unspecified atom stereocenters. The third-order valence-electron chi connectivity index (χ3n) is 2.04. The Kier molecular flexibility index (Phi) is 5.09. The lowest BCUT2D eigenvalue weighted by atomic mass is 10.2. The molecule has 0 saturated heterocycles. The Bertz CT molecular complexity index is 570. The number of hydrogen-bond acceptors (Lipinski definition) is 4. The second-order valence-corrected chi connectivity index (χ2v) is 3.81. The minimum atomic E-state index is -4.54. The van der Waals surface area contributed by atoms with E-state index in [1.165, 1.54) is 7.05 Å². The predicted molar refractivity (Wildman–Crippen MR) is 64.9 cm³/mol. The number of pyridine rings is 1. The minimum absolute atomic E-state index is 0.228. The van der Waals surface area contributed by atoms with Crippen molar-refractivity contribution in [1.29, 1.82) is 0 Å². The number of nitrogens with zero attached hydrogens (tertiary/aromatic N) is 1. The van der Waals surface area contributed by atoms with E-state index in [2.05, 4.69) is 9.98 Å². The molecule has 0 amide bonds. The van der Waals surface area contributed by atoms with Crippen LogP contribution in [0.2, 0.25) is 0 Å². The van der Waals surface area contributed by atoms with E-state index in [4.69, 9.17) is 22.1 Å². The molecule has 1 aromatic rings. The standard InChI is InChI=1S/C11H9ClF3N3O2/c1-17-5-7(9(12)19)10(16)20-8-4-6(2-3-18-8)11(13,14)15/h2-5H,16H2,1H3/p+1. The minimum Gasteiger partial charge on any atom is -0.422 e. The largest absolute Gasteiger partial charge is 0.422 e. The molecule has 0 aliphatic heterocycles. The average molecular weight is 309 g/mol. The molecule has 0 bridgehead atoms. The van der Waals surface area contributed by atoms with Gasteiger partial charge in [-0.25, -0.2) is 4.98 Å². The molecule has 0 saturated carbocycles. The summed E-state index contributed by atoms with van der Waals surface area (Å²) in [6.07, 6.45) is -2.48. The fraction of sp³-hybridized carbons (Fsp3) is 0.182. The number of nitrogens with one attached hydrogen (secondary N) is 1. The first-order chi connectivity index (χ1) is 9.25. The van der Waals surface area contributed by atoms with E-state index < -0.39 is 28.7 Å². The maximum Gasteiger partial charge on any atom is 0.416 e. The van der Waals surface area contributed by atoms with Crippen molar-refractivity contribution in [2.45, 2.75) is 6.18 Å². The van der Waals surface area contributed by atoms with Gasteiger partial charge in [-0.3, -0.25) is 9.79 Å². The second-order valence-electron chi connectivity index (χ2n) is 3.47. The van der Waals surface area contributed by atoms with Crippen LogP contribution in [0.1, 0.15) is 5.56 Å². The Morgan fingerprint density at radius 3 is 2.70 bits per heavy atom. The maximum atomic E-state index is 12.5. The van der Waals surface area contributed by atoms with Gasteiger partial charge in [-0.05, 0) is 17.7 Å². The van der Waals surface area contributed by atoms with Crippen LogP contribution in [0.3, 0.4) is 0 Å². The molecule has 0 atom stereocenters. The van der Waals surface area contributed by atoms with Crippen LogP contribution in [0.15, 0.2) is 29.8 Å². The summed E-state index contributed by atoms with van der Waals surface area (Å²) < 4.78 is 42.4. The zero-order chi connectivity index (χ0) is 15.3. The highest BCUT2D eigenvalue weighted by atomic mass is 35.5. The van der Waals surface area contributed by atoms with Gasteiger partial charge in [-0.1, -0.05) is 0 Å². The van der Waals surface area contributed by atoms with Crippen molar-refractivity contribution in [3.05, 3.63) is 35.3 Å². The van der Waals surface area contributed by atoms with Crippen molar-refractivity contribution in [3.63, 3.8) is 0 Å². The predicted octanol–water partition coefficient (Wildman–Crippen LogP) is 0.196. The molecule has 1 aromatic heterocycles. The van der Waals surface area contributed by atoms with E-state index in [-0.39, 0.29) is 5.57 Å². The van der Waals surface area contributed by atoms with Gasteiger partial charge < -0.3 is 10.5 Å². The first-order valence-corrected chi connectivity index (χ1v) is 5.54. The molecule has 0 aromatic carbocycles. The number of rotatable bonds is 4. The molecular weight excluding hydrogens is 299 g/mol. The van der Waals surface area contributed by atoms with Crippen LogP contribution < -0.4 is 15.5 Å². The molecule has 20 heavy (non-hydrogen) atoms. The molecular formula is C11H10ClF3N3O2+. The molecule has 0 aliphatic rings. The number of carbonyl (C=O) groups is 1. The topological polar surface area (TPSA) is 79.2 Å². The van der Waals surface area contributed by atoms with Crippen molar-refractivity contribution in [1.82, 2.24) is 4.98 Å². The van der Waals surface area contributed by atoms with E-state index in [1.54, 1.807) is 0 Å². The van der Waals surface area contributed by atoms with Gasteiger partial charge in [0.2, 0.25) is 11.8 Å². The van der Waals surface area contributed by atoms with Gasteiger partial charge in [0.25, 0.3) is 5.24 Å². The van der Waals surface area contributed by atoms with Crippen LogP contribution in [-0.4, -0.2) is 23.5 Å². The monoisotopic (exact) mass is 308 g/mol. The van der Waals surface area contributed by atoms with Gasteiger partial charge in [0.15, 0.2) is 11.8 Å². The summed E-state index contributed by atoms with van der Waals surface area (Å²) in [6, 6.07) is 1.43. The highest BCUT2D eigenvalue weighted by Crippen LogP contribution is 2.30. The fourth-order valence-corrected chi connectivity index (χ4v) is 1.33. The smallest absolute Gasteiger partial charge is 0.416 e. The number of ether oxygens (including phenoxy) is 1. The lowest BCUT2D eigenvalue weighted by molar-refractivity contribution is -0.413. The Hall–Kier alpha value is -2.09. The molecule has 0 radical (unpaired) electrons. The van der Waals surface area contributed by atoms with Crippen LogP contribution in [0.5, 0.6) is 5.88 Å². The third-order valence-corrected chi connectivity index (χ3v) is 2.25. The van der Waals surface area contributed by atoms with Crippen molar-refractivity contribution in [2.24, 2.45) is 5.73 Å².